The molecule has 0 aliphatic carbocycles. The van der Waals surface area contributed by atoms with Gasteiger partial charge in [0.2, 0.25) is 5.52 Å². The van der Waals surface area contributed by atoms with Gasteiger partial charge < -0.3 is 10.4 Å². The Morgan fingerprint density at radius 2 is 2.00 bits per heavy atom. The highest BCUT2D eigenvalue weighted by molar-refractivity contribution is 5.93. The summed E-state index contributed by atoms with van der Waals surface area (Å²) in [4.78, 5) is 10.4. The second kappa shape index (κ2) is 5.41. The Hall–Kier alpha value is -2.22. The second-order valence-electron chi connectivity index (χ2n) is 4.62. The van der Waals surface area contributed by atoms with Crippen molar-refractivity contribution in [2.75, 3.05) is 11.9 Å². The van der Waals surface area contributed by atoms with Crippen LogP contribution < -0.4 is 5.32 Å². The molecule has 2 rings (SSSR count). The van der Waals surface area contributed by atoms with Crippen LogP contribution in [0.4, 0.5) is 11.4 Å². The van der Waals surface area contributed by atoms with Gasteiger partial charge in [-0.05, 0) is 29.2 Å². The predicted molar refractivity (Wildman–Crippen MR) is 72.5 cm³/mol. The summed E-state index contributed by atoms with van der Waals surface area (Å²) >= 11 is 0. The molecule has 20 heavy (non-hydrogen) atoms. The van der Waals surface area contributed by atoms with Gasteiger partial charge in [-0.2, -0.15) is 0 Å². The van der Waals surface area contributed by atoms with Crippen LogP contribution in [0.5, 0.6) is 0 Å². The van der Waals surface area contributed by atoms with Gasteiger partial charge in [-0.15, -0.1) is 0 Å². The third-order valence-corrected chi connectivity index (χ3v) is 3.65. The number of benzene rings is 1. The van der Waals surface area contributed by atoms with Crippen molar-refractivity contribution in [2.45, 2.75) is 32.2 Å². The zero-order valence-electron chi connectivity index (χ0n) is 11.3. The lowest BCUT2D eigenvalue weighted by atomic mass is 9.93. The standard InChI is InChI=1S/C12H16N4O4/c1-3-12(4-2,7-17)13-8-5-6-9(16(18)19)11-10(8)14-20-15-11/h5-6,13,17H,3-4,7H2,1-2H3. The molecular weight excluding hydrogens is 264 g/mol. The Labute approximate surface area is 114 Å². The van der Waals surface area contributed by atoms with Crippen LogP contribution in [0.1, 0.15) is 26.7 Å². The smallest absolute Gasteiger partial charge is 0.300 e. The SMILES string of the molecule is CCC(CC)(CO)Nc1ccc([N+](=O)[O-])c2nonc12. The van der Waals surface area contributed by atoms with Crippen LogP contribution >= 0.6 is 0 Å². The Bertz CT molecular complexity index is 613. The molecule has 1 aromatic heterocycles. The minimum atomic E-state index is -0.532. The van der Waals surface area contributed by atoms with Crippen LogP contribution in [0.15, 0.2) is 16.8 Å². The first kappa shape index (κ1) is 14.2. The minimum absolute atomic E-state index is 0.0518. The molecule has 0 unspecified atom stereocenters. The van der Waals surface area contributed by atoms with E-state index in [4.69, 9.17) is 0 Å². The summed E-state index contributed by atoms with van der Waals surface area (Å²) in [5.41, 5.74) is 0.291. The van der Waals surface area contributed by atoms with Gasteiger partial charge in [-0.25, -0.2) is 4.63 Å². The maximum atomic E-state index is 10.9. The fraction of sp³-hybridized carbons (Fsp3) is 0.500. The summed E-state index contributed by atoms with van der Waals surface area (Å²) in [6, 6.07) is 2.91. The summed E-state index contributed by atoms with van der Waals surface area (Å²) in [5, 5.41) is 31.0. The molecule has 0 fully saturated rings. The van der Waals surface area contributed by atoms with Gasteiger partial charge in [0, 0.05) is 6.07 Å². The van der Waals surface area contributed by atoms with Gasteiger partial charge in [-0.1, -0.05) is 13.8 Å². The van der Waals surface area contributed by atoms with E-state index < -0.39 is 10.5 Å². The maximum absolute atomic E-state index is 10.9. The monoisotopic (exact) mass is 280 g/mol. The number of aliphatic hydroxyl groups is 1. The van der Waals surface area contributed by atoms with Gasteiger partial charge >= 0.3 is 5.69 Å². The first-order chi connectivity index (χ1) is 9.56. The number of anilines is 1. The van der Waals surface area contributed by atoms with Crippen LogP contribution in [0.3, 0.4) is 0 Å². The lowest BCUT2D eigenvalue weighted by molar-refractivity contribution is -0.383. The van der Waals surface area contributed by atoms with Crippen molar-refractivity contribution in [1.29, 1.82) is 0 Å². The van der Waals surface area contributed by atoms with Gasteiger partial charge in [0.1, 0.15) is 0 Å². The van der Waals surface area contributed by atoms with Gasteiger partial charge in [-0.3, -0.25) is 10.1 Å². The molecule has 0 saturated heterocycles. The molecule has 0 radical (unpaired) electrons. The van der Waals surface area contributed by atoms with Crippen LogP contribution in [0.2, 0.25) is 0 Å². The second-order valence-corrected chi connectivity index (χ2v) is 4.62. The van der Waals surface area contributed by atoms with Crippen molar-refractivity contribution in [3.05, 3.63) is 22.2 Å². The number of nitro benzene ring substituents is 1. The number of hydrogen-bond acceptors (Lipinski definition) is 7. The maximum Gasteiger partial charge on any atom is 0.300 e. The lowest BCUT2D eigenvalue weighted by Crippen LogP contribution is -2.40. The lowest BCUT2D eigenvalue weighted by Gasteiger charge is -2.31. The van der Waals surface area contributed by atoms with Gasteiger partial charge in [0.25, 0.3) is 0 Å². The Morgan fingerprint density at radius 3 is 2.55 bits per heavy atom. The topological polar surface area (TPSA) is 114 Å². The van der Waals surface area contributed by atoms with E-state index >= 15 is 0 Å². The molecule has 0 amide bonds. The number of rotatable bonds is 6. The van der Waals surface area contributed by atoms with E-state index in [1.807, 2.05) is 13.8 Å². The number of fused-ring (bicyclic) bond motifs is 1. The number of nitro groups is 1. The quantitative estimate of drug-likeness (QED) is 0.615. The van der Waals surface area contributed by atoms with Gasteiger partial charge in [0.15, 0.2) is 5.52 Å². The number of aromatic nitrogens is 2. The molecule has 2 aromatic rings. The molecule has 108 valence electrons. The molecule has 0 spiro atoms. The first-order valence-electron chi connectivity index (χ1n) is 6.35. The van der Waals surface area contributed by atoms with E-state index in [1.54, 1.807) is 6.07 Å². The van der Waals surface area contributed by atoms with Crippen molar-refractivity contribution in [1.82, 2.24) is 10.3 Å². The molecule has 1 heterocycles. The van der Waals surface area contributed by atoms with Crippen LogP contribution in [0.25, 0.3) is 11.0 Å². The average molecular weight is 280 g/mol. The third-order valence-electron chi connectivity index (χ3n) is 3.65. The Kier molecular flexibility index (Phi) is 3.84. The van der Waals surface area contributed by atoms with E-state index in [1.165, 1.54) is 6.07 Å². The van der Waals surface area contributed by atoms with Crippen molar-refractivity contribution in [3.8, 4) is 0 Å². The molecule has 0 saturated carbocycles. The summed E-state index contributed by atoms with van der Waals surface area (Å²) in [5.74, 6) is 0. The van der Waals surface area contributed by atoms with E-state index in [2.05, 4.69) is 20.3 Å². The zero-order valence-corrected chi connectivity index (χ0v) is 11.3. The number of nitrogens with one attached hydrogen (secondary N) is 1. The Balaban J connectivity index is 2.49. The summed E-state index contributed by atoms with van der Waals surface area (Å²) < 4.78 is 4.60. The highest BCUT2D eigenvalue weighted by Crippen LogP contribution is 2.31. The van der Waals surface area contributed by atoms with Crippen LogP contribution in [-0.4, -0.2) is 32.5 Å². The van der Waals surface area contributed by atoms with E-state index in [9.17, 15) is 15.2 Å². The molecule has 0 atom stereocenters. The largest absolute Gasteiger partial charge is 0.394 e. The summed E-state index contributed by atoms with van der Waals surface area (Å²) in [6.07, 6.45) is 1.40. The van der Waals surface area contributed by atoms with Crippen molar-refractivity contribution in [2.24, 2.45) is 0 Å². The third kappa shape index (κ3) is 2.29. The van der Waals surface area contributed by atoms with E-state index in [0.29, 0.717) is 24.0 Å². The summed E-state index contributed by atoms with van der Waals surface area (Å²) in [6.45, 7) is 3.86. The Morgan fingerprint density at radius 1 is 1.35 bits per heavy atom. The molecule has 2 N–H and O–H groups in total. The van der Waals surface area contributed by atoms with E-state index in [-0.39, 0.29) is 17.8 Å². The predicted octanol–water partition coefficient (Wildman–Crippen LogP) is 2.09. The highest BCUT2D eigenvalue weighted by Gasteiger charge is 2.28. The van der Waals surface area contributed by atoms with Gasteiger partial charge in [0.05, 0.1) is 22.8 Å². The number of hydrogen-bond donors (Lipinski definition) is 2. The fourth-order valence-corrected chi connectivity index (χ4v) is 2.08. The van der Waals surface area contributed by atoms with Crippen LogP contribution in [-0.2, 0) is 0 Å². The summed E-state index contributed by atoms with van der Waals surface area (Å²) in [7, 11) is 0. The zero-order chi connectivity index (χ0) is 14.8. The molecule has 8 nitrogen and oxygen atoms in total. The number of non-ortho nitro benzene ring substituents is 1. The molecule has 0 bridgehead atoms. The van der Waals surface area contributed by atoms with E-state index in [0.717, 1.165) is 0 Å². The minimum Gasteiger partial charge on any atom is -0.394 e. The normalized spacial score (nSPS) is 11.8. The molecule has 8 heteroatoms. The number of nitrogens with zero attached hydrogens (tertiary/aromatic N) is 3. The van der Waals surface area contributed by atoms with Crippen LogP contribution in [0, 0.1) is 10.1 Å². The molecular formula is C12H16N4O4. The fourth-order valence-electron chi connectivity index (χ4n) is 2.08. The number of aliphatic hydroxyl groups excluding tert-OH is 1. The highest BCUT2D eigenvalue weighted by atomic mass is 16.6. The van der Waals surface area contributed by atoms with Crippen molar-refractivity contribution >= 4 is 22.4 Å². The van der Waals surface area contributed by atoms with Crippen molar-refractivity contribution < 1.29 is 14.7 Å². The van der Waals surface area contributed by atoms with Crippen molar-refractivity contribution in [3.63, 3.8) is 0 Å². The first-order valence-corrected chi connectivity index (χ1v) is 6.35. The molecule has 1 aromatic carbocycles. The molecule has 0 aliphatic rings. The average Bonchev–Trinajstić information content (AvgIpc) is 2.94. The molecule has 0 aliphatic heterocycles.